The Balaban J connectivity index is 1.73. The van der Waals surface area contributed by atoms with Gasteiger partial charge in [0.15, 0.2) is 0 Å². The SMILES string of the molecule is COC(=O)C1CCC(OC2C=CCCC2)CC1. The number of allylic oxidation sites excluding steroid dienone is 1. The van der Waals surface area contributed by atoms with Crippen LogP contribution in [0.25, 0.3) is 0 Å². The van der Waals surface area contributed by atoms with Crippen LogP contribution < -0.4 is 0 Å². The molecule has 3 nitrogen and oxygen atoms in total. The van der Waals surface area contributed by atoms with Crippen molar-refractivity contribution in [1.29, 1.82) is 0 Å². The molecule has 0 spiro atoms. The van der Waals surface area contributed by atoms with Crippen LogP contribution in [0, 0.1) is 5.92 Å². The highest BCUT2D eigenvalue weighted by Crippen LogP contribution is 2.29. The van der Waals surface area contributed by atoms with Crippen LogP contribution in [0.4, 0.5) is 0 Å². The van der Waals surface area contributed by atoms with Crippen molar-refractivity contribution in [3.8, 4) is 0 Å². The van der Waals surface area contributed by atoms with E-state index in [-0.39, 0.29) is 11.9 Å². The average Bonchev–Trinajstić information content (AvgIpc) is 2.40. The van der Waals surface area contributed by atoms with E-state index in [1.54, 1.807) is 0 Å². The molecule has 17 heavy (non-hydrogen) atoms. The lowest BCUT2D eigenvalue weighted by Crippen LogP contribution is -2.29. The molecule has 0 aliphatic heterocycles. The molecule has 0 bridgehead atoms. The van der Waals surface area contributed by atoms with Crippen molar-refractivity contribution >= 4 is 5.97 Å². The molecular weight excluding hydrogens is 216 g/mol. The third-order valence-electron chi connectivity index (χ3n) is 3.79. The monoisotopic (exact) mass is 238 g/mol. The molecule has 0 heterocycles. The van der Waals surface area contributed by atoms with E-state index in [1.807, 2.05) is 0 Å². The number of hydrogen-bond donors (Lipinski definition) is 0. The number of carbonyl (C=O) groups excluding carboxylic acids is 1. The minimum atomic E-state index is -0.0546. The molecule has 1 fully saturated rings. The van der Waals surface area contributed by atoms with Gasteiger partial charge < -0.3 is 9.47 Å². The van der Waals surface area contributed by atoms with Gasteiger partial charge in [0.1, 0.15) is 0 Å². The number of ether oxygens (including phenoxy) is 2. The van der Waals surface area contributed by atoms with Crippen LogP contribution in [0.15, 0.2) is 12.2 Å². The van der Waals surface area contributed by atoms with Crippen LogP contribution in [0.5, 0.6) is 0 Å². The quantitative estimate of drug-likeness (QED) is 0.560. The van der Waals surface area contributed by atoms with Gasteiger partial charge in [-0.1, -0.05) is 12.2 Å². The van der Waals surface area contributed by atoms with Crippen molar-refractivity contribution in [2.45, 2.75) is 57.2 Å². The van der Waals surface area contributed by atoms with Crippen LogP contribution in [0.2, 0.25) is 0 Å². The first-order valence-corrected chi connectivity index (χ1v) is 6.69. The van der Waals surface area contributed by atoms with E-state index in [2.05, 4.69) is 12.2 Å². The van der Waals surface area contributed by atoms with Gasteiger partial charge in [-0.05, 0) is 44.9 Å². The zero-order chi connectivity index (χ0) is 12.1. The first-order chi connectivity index (χ1) is 8.29. The van der Waals surface area contributed by atoms with Gasteiger partial charge in [-0.2, -0.15) is 0 Å². The third-order valence-corrected chi connectivity index (χ3v) is 3.79. The predicted molar refractivity (Wildman–Crippen MR) is 65.6 cm³/mol. The fraction of sp³-hybridized carbons (Fsp3) is 0.786. The van der Waals surface area contributed by atoms with Crippen molar-refractivity contribution in [2.24, 2.45) is 5.92 Å². The van der Waals surface area contributed by atoms with Crippen molar-refractivity contribution < 1.29 is 14.3 Å². The fourth-order valence-electron chi connectivity index (χ4n) is 2.74. The second kappa shape index (κ2) is 6.20. The summed E-state index contributed by atoms with van der Waals surface area (Å²) in [7, 11) is 1.47. The van der Waals surface area contributed by atoms with Gasteiger partial charge in [0.05, 0.1) is 25.2 Å². The Hall–Kier alpha value is -0.830. The molecule has 1 atom stereocenters. The molecule has 3 heteroatoms. The smallest absolute Gasteiger partial charge is 0.308 e. The maximum atomic E-state index is 11.4. The Kier molecular flexibility index (Phi) is 4.60. The molecule has 96 valence electrons. The van der Waals surface area contributed by atoms with Gasteiger partial charge in [0.25, 0.3) is 0 Å². The molecule has 0 aromatic carbocycles. The lowest BCUT2D eigenvalue weighted by atomic mass is 9.87. The average molecular weight is 238 g/mol. The Morgan fingerprint density at radius 3 is 2.53 bits per heavy atom. The molecule has 0 amide bonds. The summed E-state index contributed by atoms with van der Waals surface area (Å²) >= 11 is 0. The van der Waals surface area contributed by atoms with Gasteiger partial charge in [-0.15, -0.1) is 0 Å². The third kappa shape index (κ3) is 3.56. The van der Waals surface area contributed by atoms with Crippen molar-refractivity contribution in [1.82, 2.24) is 0 Å². The maximum Gasteiger partial charge on any atom is 0.308 e. The summed E-state index contributed by atoms with van der Waals surface area (Å²) in [6, 6.07) is 0. The summed E-state index contributed by atoms with van der Waals surface area (Å²) in [5.74, 6) is 0.0442. The standard InChI is InChI=1S/C14H22O3/c1-16-14(15)11-7-9-13(10-8-11)17-12-5-3-2-4-6-12/h3,5,11-13H,2,4,6-10H2,1H3. The number of carbonyl (C=O) groups is 1. The Morgan fingerprint density at radius 2 is 1.94 bits per heavy atom. The van der Waals surface area contributed by atoms with Crippen LogP contribution in [0.1, 0.15) is 44.9 Å². The number of methoxy groups -OCH3 is 1. The summed E-state index contributed by atoms with van der Waals surface area (Å²) in [6.07, 6.45) is 12.4. The van der Waals surface area contributed by atoms with E-state index in [1.165, 1.54) is 20.0 Å². The van der Waals surface area contributed by atoms with E-state index in [9.17, 15) is 4.79 Å². The second-order valence-electron chi connectivity index (χ2n) is 5.03. The topological polar surface area (TPSA) is 35.5 Å². The van der Waals surface area contributed by atoms with Gasteiger partial charge in [0.2, 0.25) is 0 Å². The summed E-state index contributed by atoms with van der Waals surface area (Å²) in [6.45, 7) is 0. The van der Waals surface area contributed by atoms with E-state index in [0.29, 0.717) is 12.2 Å². The highest BCUT2D eigenvalue weighted by molar-refractivity contribution is 5.72. The van der Waals surface area contributed by atoms with Crippen LogP contribution in [0.3, 0.4) is 0 Å². The van der Waals surface area contributed by atoms with E-state index < -0.39 is 0 Å². The minimum Gasteiger partial charge on any atom is -0.469 e. The maximum absolute atomic E-state index is 11.4. The fourth-order valence-corrected chi connectivity index (χ4v) is 2.74. The van der Waals surface area contributed by atoms with Gasteiger partial charge >= 0.3 is 5.97 Å². The first-order valence-electron chi connectivity index (χ1n) is 6.69. The second-order valence-corrected chi connectivity index (χ2v) is 5.03. The molecule has 2 aliphatic rings. The number of rotatable bonds is 3. The molecular formula is C14H22O3. The van der Waals surface area contributed by atoms with Crippen LogP contribution >= 0.6 is 0 Å². The molecule has 0 saturated heterocycles. The molecule has 1 unspecified atom stereocenters. The van der Waals surface area contributed by atoms with Crippen molar-refractivity contribution in [3.05, 3.63) is 12.2 Å². The highest BCUT2D eigenvalue weighted by Gasteiger charge is 2.28. The lowest BCUT2D eigenvalue weighted by Gasteiger charge is -2.30. The number of hydrogen-bond acceptors (Lipinski definition) is 3. The van der Waals surface area contributed by atoms with Crippen LogP contribution in [-0.2, 0) is 14.3 Å². The normalized spacial score (nSPS) is 33.4. The molecule has 0 aromatic rings. The van der Waals surface area contributed by atoms with E-state index in [0.717, 1.165) is 32.1 Å². The van der Waals surface area contributed by atoms with E-state index in [4.69, 9.17) is 9.47 Å². The molecule has 0 radical (unpaired) electrons. The highest BCUT2D eigenvalue weighted by atomic mass is 16.5. The molecule has 0 N–H and O–H groups in total. The van der Waals surface area contributed by atoms with Gasteiger partial charge in [-0.3, -0.25) is 4.79 Å². The van der Waals surface area contributed by atoms with Crippen molar-refractivity contribution in [3.63, 3.8) is 0 Å². The molecule has 0 aromatic heterocycles. The zero-order valence-corrected chi connectivity index (χ0v) is 10.6. The van der Waals surface area contributed by atoms with E-state index >= 15 is 0 Å². The number of esters is 1. The summed E-state index contributed by atoms with van der Waals surface area (Å²) < 4.78 is 10.8. The Bertz CT molecular complexity index is 277. The molecule has 2 aliphatic carbocycles. The summed E-state index contributed by atoms with van der Waals surface area (Å²) in [4.78, 5) is 11.4. The van der Waals surface area contributed by atoms with Crippen molar-refractivity contribution in [2.75, 3.05) is 7.11 Å². The largest absolute Gasteiger partial charge is 0.469 e. The van der Waals surface area contributed by atoms with Gasteiger partial charge in [-0.25, -0.2) is 0 Å². The van der Waals surface area contributed by atoms with Gasteiger partial charge in [0, 0.05) is 0 Å². The molecule has 1 saturated carbocycles. The molecule has 2 rings (SSSR count). The Morgan fingerprint density at radius 1 is 1.18 bits per heavy atom. The minimum absolute atomic E-state index is 0.0546. The van der Waals surface area contributed by atoms with Crippen LogP contribution in [-0.4, -0.2) is 25.3 Å². The first kappa shape index (κ1) is 12.6. The Labute approximate surface area is 103 Å². The zero-order valence-electron chi connectivity index (χ0n) is 10.6. The summed E-state index contributed by atoms with van der Waals surface area (Å²) in [5.41, 5.74) is 0. The summed E-state index contributed by atoms with van der Waals surface area (Å²) in [5, 5.41) is 0. The predicted octanol–water partition coefficient (Wildman–Crippen LogP) is 2.84. The lowest BCUT2D eigenvalue weighted by molar-refractivity contribution is -0.147.